The van der Waals surface area contributed by atoms with E-state index >= 15 is 0 Å². The summed E-state index contributed by atoms with van der Waals surface area (Å²) in [5.41, 5.74) is 2.92. The summed E-state index contributed by atoms with van der Waals surface area (Å²) in [6.07, 6.45) is 8.32. The molecule has 22 heavy (non-hydrogen) atoms. The molecule has 3 aromatic rings. The summed E-state index contributed by atoms with van der Waals surface area (Å²) in [5.74, 6) is 1.79. The van der Waals surface area contributed by atoms with Gasteiger partial charge in [0.15, 0.2) is 0 Å². The first kappa shape index (κ1) is 13.5. The lowest BCUT2D eigenvalue weighted by molar-refractivity contribution is 0.706. The third-order valence-electron chi connectivity index (χ3n) is 3.97. The zero-order valence-corrected chi connectivity index (χ0v) is 13.0. The molecule has 0 spiro atoms. The molecular formula is C16H16ClN5. The third kappa shape index (κ3) is 2.52. The molecule has 6 heteroatoms. The Kier molecular flexibility index (Phi) is 3.22. The van der Waals surface area contributed by atoms with Crippen LogP contribution < -0.4 is 0 Å². The first-order valence-corrected chi connectivity index (χ1v) is 7.77. The molecule has 0 N–H and O–H groups in total. The highest BCUT2D eigenvalue weighted by atomic mass is 35.5. The molecule has 0 atom stereocenters. The van der Waals surface area contributed by atoms with Crippen molar-refractivity contribution in [3.63, 3.8) is 0 Å². The van der Waals surface area contributed by atoms with Crippen molar-refractivity contribution < 1.29 is 0 Å². The van der Waals surface area contributed by atoms with E-state index in [9.17, 15) is 0 Å². The van der Waals surface area contributed by atoms with Gasteiger partial charge < -0.3 is 4.57 Å². The van der Waals surface area contributed by atoms with Crippen LogP contribution in [0.3, 0.4) is 0 Å². The van der Waals surface area contributed by atoms with Gasteiger partial charge in [-0.3, -0.25) is 0 Å². The Hall–Kier alpha value is -2.14. The Balaban J connectivity index is 1.58. The molecular weight excluding hydrogens is 298 g/mol. The van der Waals surface area contributed by atoms with Crippen LogP contribution in [0.1, 0.15) is 35.8 Å². The molecule has 1 aliphatic carbocycles. The number of hydrogen-bond donors (Lipinski definition) is 0. The highest BCUT2D eigenvalue weighted by molar-refractivity contribution is 6.31. The zero-order valence-electron chi connectivity index (χ0n) is 12.3. The highest BCUT2D eigenvalue weighted by Gasteiger charge is 2.27. The highest BCUT2D eigenvalue weighted by Crippen LogP contribution is 2.39. The van der Waals surface area contributed by atoms with Crippen molar-refractivity contribution in [3.05, 3.63) is 58.9 Å². The Morgan fingerprint density at radius 1 is 1.32 bits per heavy atom. The number of imidazole rings is 1. The molecule has 0 unspecified atom stereocenters. The number of aromatic nitrogens is 5. The van der Waals surface area contributed by atoms with Crippen LogP contribution in [0, 0.1) is 6.92 Å². The number of halogens is 1. The molecule has 0 saturated heterocycles. The van der Waals surface area contributed by atoms with Crippen LogP contribution in [0.2, 0.25) is 5.02 Å². The summed E-state index contributed by atoms with van der Waals surface area (Å²) in [6.45, 7) is 2.69. The lowest BCUT2D eigenvalue weighted by Gasteiger charge is -2.04. The molecule has 1 fully saturated rings. The van der Waals surface area contributed by atoms with Crippen molar-refractivity contribution in [2.75, 3.05) is 0 Å². The van der Waals surface area contributed by atoms with Gasteiger partial charge in [-0.2, -0.15) is 0 Å². The Bertz CT molecular complexity index is 816. The summed E-state index contributed by atoms with van der Waals surface area (Å²) in [6, 6.07) is 5.84. The fraction of sp³-hybridized carbons (Fsp3) is 0.312. The second-order valence-corrected chi connectivity index (χ2v) is 6.18. The third-order valence-corrected chi connectivity index (χ3v) is 4.39. The topological polar surface area (TPSA) is 48.5 Å². The van der Waals surface area contributed by atoms with Gasteiger partial charge in [-0.15, -0.1) is 5.10 Å². The van der Waals surface area contributed by atoms with Gasteiger partial charge in [0.05, 0.1) is 18.4 Å². The van der Waals surface area contributed by atoms with E-state index in [4.69, 9.17) is 11.6 Å². The minimum absolute atomic E-state index is 0.629. The van der Waals surface area contributed by atoms with E-state index in [1.165, 1.54) is 12.8 Å². The molecule has 112 valence electrons. The molecule has 2 aromatic heterocycles. The first-order chi connectivity index (χ1) is 10.7. The normalized spacial score (nSPS) is 14.5. The van der Waals surface area contributed by atoms with Crippen LogP contribution in [0.5, 0.6) is 0 Å². The molecule has 1 aromatic carbocycles. The predicted molar refractivity (Wildman–Crippen MR) is 84.4 cm³/mol. The van der Waals surface area contributed by atoms with Gasteiger partial charge in [-0.05, 0) is 43.5 Å². The van der Waals surface area contributed by atoms with E-state index in [-0.39, 0.29) is 0 Å². The number of benzene rings is 1. The van der Waals surface area contributed by atoms with Gasteiger partial charge in [0.1, 0.15) is 11.5 Å². The second kappa shape index (κ2) is 5.25. The monoisotopic (exact) mass is 313 g/mol. The summed E-state index contributed by atoms with van der Waals surface area (Å²) in [5, 5.41) is 9.25. The Morgan fingerprint density at radius 3 is 2.95 bits per heavy atom. The van der Waals surface area contributed by atoms with E-state index in [0.29, 0.717) is 12.5 Å². The molecule has 0 radical (unpaired) electrons. The largest absolute Gasteiger partial charge is 0.329 e. The van der Waals surface area contributed by atoms with Crippen LogP contribution in [-0.4, -0.2) is 24.5 Å². The fourth-order valence-corrected chi connectivity index (χ4v) is 2.72. The van der Waals surface area contributed by atoms with Gasteiger partial charge >= 0.3 is 0 Å². The maximum atomic E-state index is 6.07. The molecule has 4 rings (SSSR count). The van der Waals surface area contributed by atoms with E-state index in [1.54, 1.807) is 4.68 Å². The maximum Gasteiger partial charge on any atom is 0.112 e. The summed E-state index contributed by atoms with van der Waals surface area (Å²) in [4.78, 5) is 4.45. The van der Waals surface area contributed by atoms with E-state index in [0.717, 1.165) is 27.8 Å². The van der Waals surface area contributed by atoms with Crippen LogP contribution in [0.25, 0.3) is 5.69 Å². The average Bonchev–Trinajstić information content (AvgIpc) is 3.07. The van der Waals surface area contributed by atoms with Crippen molar-refractivity contribution >= 4 is 11.6 Å². The van der Waals surface area contributed by atoms with Crippen LogP contribution in [0.4, 0.5) is 0 Å². The average molecular weight is 314 g/mol. The summed E-state index contributed by atoms with van der Waals surface area (Å²) < 4.78 is 3.95. The van der Waals surface area contributed by atoms with Gasteiger partial charge in [-0.1, -0.05) is 16.8 Å². The quantitative estimate of drug-likeness (QED) is 0.742. The first-order valence-electron chi connectivity index (χ1n) is 7.39. The fourth-order valence-electron chi connectivity index (χ4n) is 2.60. The number of rotatable bonds is 4. The summed E-state index contributed by atoms with van der Waals surface area (Å²) in [7, 11) is 0. The molecule has 0 aliphatic heterocycles. The molecule has 1 saturated carbocycles. The smallest absolute Gasteiger partial charge is 0.112 e. The van der Waals surface area contributed by atoms with Crippen molar-refractivity contribution in [1.82, 2.24) is 24.5 Å². The van der Waals surface area contributed by atoms with Crippen molar-refractivity contribution in [2.45, 2.75) is 32.2 Å². The lowest BCUT2D eigenvalue weighted by atomic mass is 10.2. The SMILES string of the molecule is Cc1cc(-n2cc(Cn3ccnc3C3CC3)nn2)ccc1Cl. The maximum absolute atomic E-state index is 6.07. The van der Waals surface area contributed by atoms with Crippen molar-refractivity contribution in [3.8, 4) is 5.69 Å². The molecule has 2 heterocycles. The van der Waals surface area contributed by atoms with Crippen molar-refractivity contribution in [1.29, 1.82) is 0 Å². The summed E-state index contributed by atoms with van der Waals surface area (Å²) >= 11 is 6.07. The molecule has 1 aliphatic rings. The van der Waals surface area contributed by atoms with Crippen molar-refractivity contribution in [2.24, 2.45) is 0 Å². The van der Waals surface area contributed by atoms with Gasteiger partial charge in [0, 0.05) is 23.3 Å². The predicted octanol–water partition coefficient (Wildman–Crippen LogP) is 3.35. The van der Waals surface area contributed by atoms with Crippen LogP contribution >= 0.6 is 11.6 Å². The van der Waals surface area contributed by atoms with Gasteiger partial charge in [0.2, 0.25) is 0 Å². The van der Waals surface area contributed by atoms with E-state index in [1.807, 2.05) is 43.7 Å². The van der Waals surface area contributed by atoms with E-state index < -0.39 is 0 Å². The van der Waals surface area contributed by atoms with E-state index in [2.05, 4.69) is 19.9 Å². The number of nitrogens with zero attached hydrogens (tertiary/aromatic N) is 5. The molecule has 0 amide bonds. The van der Waals surface area contributed by atoms with Gasteiger partial charge in [0.25, 0.3) is 0 Å². The number of aryl methyl sites for hydroxylation is 1. The van der Waals surface area contributed by atoms with Gasteiger partial charge in [-0.25, -0.2) is 9.67 Å². The molecule has 5 nitrogen and oxygen atoms in total. The Labute approximate surface area is 133 Å². The minimum atomic E-state index is 0.629. The number of hydrogen-bond acceptors (Lipinski definition) is 3. The Morgan fingerprint density at radius 2 is 2.18 bits per heavy atom. The lowest BCUT2D eigenvalue weighted by Crippen LogP contribution is -2.03. The second-order valence-electron chi connectivity index (χ2n) is 5.78. The van der Waals surface area contributed by atoms with Crippen LogP contribution in [-0.2, 0) is 6.54 Å². The standard InChI is InChI=1S/C16H16ClN5/c1-11-8-14(4-5-15(11)17)22-10-13(19-20-22)9-21-7-6-18-16(21)12-2-3-12/h4-8,10,12H,2-3,9H2,1H3. The van der Waals surface area contributed by atoms with Crippen LogP contribution in [0.15, 0.2) is 36.8 Å². The zero-order chi connectivity index (χ0) is 15.1. The minimum Gasteiger partial charge on any atom is -0.329 e. The molecule has 0 bridgehead atoms.